The molecule has 6 atom stereocenters. The van der Waals surface area contributed by atoms with E-state index in [2.05, 4.69) is 15.4 Å². The Morgan fingerprint density at radius 3 is 2.56 bits per heavy atom. The molecule has 0 spiro atoms. The second-order valence-electron chi connectivity index (χ2n) is 14.9. The number of carbonyl (C=O) groups is 4. The number of fused-ring (bicyclic) bond motifs is 3. The lowest BCUT2D eigenvalue weighted by atomic mass is 10.0. The Kier molecular flexibility index (Phi) is 10.5. The van der Waals surface area contributed by atoms with Crippen LogP contribution in [0.15, 0.2) is 53.9 Å². The fourth-order valence-corrected chi connectivity index (χ4v) is 9.65. The van der Waals surface area contributed by atoms with Gasteiger partial charge >= 0.3 is 6.09 Å². The van der Waals surface area contributed by atoms with Crippen molar-refractivity contribution in [1.82, 2.24) is 30.2 Å². The first-order valence-electron chi connectivity index (χ1n) is 19.0. The summed E-state index contributed by atoms with van der Waals surface area (Å²) >= 11 is 1.47. The van der Waals surface area contributed by atoms with Gasteiger partial charge in [-0.15, -0.1) is 11.3 Å². The van der Waals surface area contributed by atoms with E-state index in [1.165, 1.54) is 16.2 Å². The zero-order valence-corrected chi connectivity index (χ0v) is 31.8. The summed E-state index contributed by atoms with van der Waals surface area (Å²) in [5.74, 6) is -2.10. The molecule has 3 aromatic rings. The van der Waals surface area contributed by atoms with Crippen molar-refractivity contribution in [2.45, 2.75) is 99.3 Å². The molecular weight excluding hydrogens is 749 g/mol. The number of hydrogen-bond acceptors (Lipinski definition) is 12. The van der Waals surface area contributed by atoms with Crippen LogP contribution >= 0.6 is 11.3 Å². The van der Waals surface area contributed by atoms with Gasteiger partial charge in [-0.25, -0.2) is 23.2 Å². The van der Waals surface area contributed by atoms with Crippen LogP contribution in [0.5, 0.6) is 5.88 Å². The lowest BCUT2D eigenvalue weighted by Gasteiger charge is -2.30. The maximum atomic E-state index is 14.6. The number of sulfonamides is 1. The summed E-state index contributed by atoms with van der Waals surface area (Å²) in [5.41, 5.74) is 0.297. The van der Waals surface area contributed by atoms with E-state index in [-0.39, 0.29) is 31.9 Å². The predicted molar refractivity (Wildman–Crippen MR) is 201 cm³/mol. The highest BCUT2D eigenvalue weighted by molar-refractivity contribution is 7.91. The summed E-state index contributed by atoms with van der Waals surface area (Å²) in [4.78, 5) is 67.8. The molecule has 55 heavy (non-hydrogen) atoms. The van der Waals surface area contributed by atoms with E-state index in [0.29, 0.717) is 61.9 Å². The van der Waals surface area contributed by atoms with E-state index in [0.717, 1.165) is 17.7 Å². The highest BCUT2D eigenvalue weighted by atomic mass is 32.2. The number of nitrogens with zero attached hydrogens (tertiary/aromatic N) is 3. The zero-order valence-electron chi connectivity index (χ0n) is 30.2. The minimum atomic E-state index is -3.90. The van der Waals surface area contributed by atoms with Crippen molar-refractivity contribution in [1.29, 1.82) is 0 Å². The first-order valence-corrected chi connectivity index (χ1v) is 21.4. The van der Waals surface area contributed by atoms with Crippen molar-refractivity contribution >= 4 is 56.2 Å². The second-order valence-corrected chi connectivity index (χ2v) is 17.8. The van der Waals surface area contributed by atoms with Gasteiger partial charge in [0.05, 0.1) is 40.9 Å². The summed E-state index contributed by atoms with van der Waals surface area (Å²) in [6.45, 7) is 0.720. The van der Waals surface area contributed by atoms with Crippen LogP contribution in [0, 0.1) is 5.92 Å². The molecule has 15 nitrogen and oxygen atoms in total. The quantitative estimate of drug-likeness (QED) is 0.282. The average molecular weight is 793 g/mol. The molecule has 1 aromatic carbocycles. The van der Waals surface area contributed by atoms with Crippen molar-refractivity contribution in [2.75, 3.05) is 19.8 Å². The van der Waals surface area contributed by atoms with Crippen LogP contribution in [-0.2, 0) is 33.9 Å². The van der Waals surface area contributed by atoms with Crippen LogP contribution in [0.4, 0.5) is 4.79 Å². The number of rotatable bonds is 8. The van der Waals surface area contributed by atoms with Gasteiger partial charge in [-0.05, 0) is 62.1 Å². The number of benzene rings is 1. The molecule has 0 bridgehead atoms. The minimum absolute atomic E-state index is 0.0302. The summed E-state index contributed by atoms with van der Waals surface area (Å²) in [6.07, 6.45) is 6.81. The molecule has 0 radical (unpaired) electrons. The number of alkyl carbamates (subject to hydrolysis) is 1. The normalized spacial score (nSPS) is 29.2. The molecule has 2 saturated carbocycles. The maximum absolute atomic E-state index is 14.6. The fraction of sp³-hybridized carbons (Fsp3) is 0.526. The highest BCUT2D eigenvalue weighted by Gasteiger charge is 2.62. The molecule has 5 heterocycles. The Morgan fingerprint density at radius 1 is 1.00 bits per heavy atom. The van der Waals surface area contributed by atoms with Gasteiger partial charge in [0, 0.05) is 18.8 Å². The van der Waals surface area contributed by atoms with Crippen molar-refractivity contribution in [2.24, 2.45) is 5.92 Å². The Labute approximate surface area is 322 Å². The first-order chi connectivity index (χ1) is 26.6. The van der Waals surface area contributed by atoms with Crippen molar-refractivity contribution < 1.29 is 41.8 Å². The fourth-order valence-electron chi connectivity index (χ4n) is 7.58. The largest absolute Gasteiger partial charge is 0.471 e. The molecule has 4 fully saturated rings. The molecule has 1 unspecified atom stereocenters. The number of thiophene rings is 1. The number of para-hydroxylation sites is 2. The molecule has 2 aliphatic carbocycles. The van der Waals surface area contributed by atoms with Crippen LogP contribution in [-0.4, -0.2) is 102 Å². The second kappa shape index (κ2) is 15.5. The van der Waals surface area contributed by atoms with Gasteiger partial charge in [0.15, 0.2) is 0 Å². The number of amides is 4. The van der Waals surface area contributed by atoms with E-state index in [1.54, 1.807) is 0 Å². The lowest BCUT2D eigenvalue weighted by Crippen LogP contribution is -2.58. The minimum Gasteiger partial charge on any atom is -0.471 e. The van der Waals surface area contributed by atoms with Gasteiger partial charge in [-0.1, -0.05) is 43.2 Å². The summed E-state index contributed by atoms with van der Waals surface area (Å²) in [6, 6.07) is 9.08. The Hall–Kier alpha value is -4.61. The first kappa shape index (κ1) is 37.3. The third-order valence-corrected chi connectivity index (χ3v) is 13.6. The Bertz CT molecular complexity index is 2090. The summed E-state index contributed by atoms with van der Waals surface area (Å²) < 4.78 is 45.4. The maximum Gasteiger partial charge on any atom is 0.408 e. The Morgan fingerprint density at radius 2 is 1.82 bits per heavy atom. The molecule has 2 saturated heterocycles. The van der Waals surface area contributed by atoms with E-state index < -0.39 is 74.8 Å². The van der Waals surface area contributed by atoms with E-state index in [9.17, 15) is 27.6 Å². The molecule has 4 amide bonds. The summed E-state index contributed by atoms with van der Waals surface area (Å²) in [5, 5.41) is 6.95. The average Bonchev–Trinajstić information content (AvgIpc) is 3.90. The molecule has 17 heteroatoms. The van der Waals surface area contributed by atoms with E-state index in [1.807, 2.05) is 53.9 Å². The lowest BCUT2D eigenvalue weighted by molar-refractivity contribution is -0.141. The molecule has 3 aliphatic heterocycles. The number of hydrogen-bond donors (Lipinski definition) is 3. The molecule has 292 valence electrons. The number of ether oxygens (including phenoxy) is 3. The van der Waals surface area contributed by atoms with Gasteiger partial charge in [-0.3, -0.25) is 19.1 Å². The van der Waals surface area contributed by atoms with Gasteiger partial charge in [0.2, 0.25) is 27.7 Å². The smallest absolute Gasteiger partial charge is 0.408 e. The van der Waals surface area contributed by atoms with Crippen LogP contribution in [0.3, 0.4) is 0 Å². The van der Waals surface area contributed by atoms with Crippen molar-refractivity contribution in [3.63, 3.8) is 0 Å². The topological polar surface area (TPSA) is 195 Å². The SMILES string of the molecule is O=C(N[C@H]1CCCCC/C=C\[C@@H]2C[C@@]2(C(=O)NS(=O)(=O)C2CC2)NC(=O)[C@@H]2C[C@@H](Oc3nc4ccccc4nc3-c3cccs3)CN2C1=O)OC1CCOC1. The molecule has 5 aliphatic rings. The van der Waals surface area contributed by atoms with Gasteiger partial charge in [0.25, 0.3) is 5.91 Å². The number of allylic oxidation sites excluding steroid dienone is 1. The van der Waals surface area contributed by atoms with Crippen molar-refractivity contribution in [3.8, 4) is 16.5 Å². The molecular formula is C38H44N6O9S2. The monoisotopic (exact) mass is 792 g/mol. The van der Waals surface area contributed by atoms with E-state index >= 15 is 0 Å². The van der Waals surface area contributed by atoms with Gasteiger partial charge in [0.1, 0.15) is 35.5 Å². The molecule has 3 N–H and O–H groups in total. The van der Waals surface area contributed by atoms with Crippen LogP contribution < -0.4 is 20.1 Å². The third-order valence-electron chi connectivity index (χ3n) is 10.9. The predicted octanol–water partition coefficient (Wildman–Crippen LogP) is 3.59. The Balaban J connectivity index is 1.10. The third kappa shape index (κ3) is 8.19. The van der Waals surface area contributed by atoms with Crippen molar-refractivity contribution in [3.05, 3.63) is 53.9 Å². The van der Waals surface area contributed by atoms with Gasteiger partial charge in [-0.2, -0.15) is 0 Å². The van der Waals surface area contributed by atoms with Crippen LogP contribution in [0.2, 0.25) is 0 Å². The highest BCUT2D eigenvalue weighted by Crippen LogP contribution is 2.46. The zero-order chi connectivity index (χ0) is 38.2. The van der Waals surface area contributed by atoms with Crippen LogP contribution in [0.1, 0.15) is 64.2 Å². The van der Waals surface area contributed by atoms with Gasteiger partial charge < -0.3 is 29.7 Å². The standard InChI is InChI=1S/C38H44N6O9S2/c45-33-30-19-25(52-34-32(31-13-8-18-54-31)39-27-10-6-7-11-28(27)40-34)21-44(30)35(46)29(41-37(48)53-24-16-17-51-22-24)12-5-3-1-2-4-9-23-20-38(23,42-33)36(47)43-55(49,50)26-14-15-26/h4,6-11,13,18,23-26,29-30H,1-3,5,12,14-17,19-22H2,(H,41,48)(H,42,45)(H,43,47)/b9-4-/t23-,24?,25-,29+,30+,38-/m1/s1. The summed E-state index contributed by atoms with van der Waals surface area (Å²) in [7, 11) is -3.90. The molecule has 8 rings (SSSR count). The van der Waals surface area contributed by atoms with E-state index in [4.69, 9.17) is 24.2 Å². The number of aromatic nitrogens is 2. The number of nitrogens with one attached hydrogen (secondary N) is 3. The molecule has 2 aromatic heterocycles. The van der Waals surface area contributed by atoms with Crippen LogP contribution in [0.25, 0.3) is 21.6 Å². The number of carbonyl (C=O) groups excluding carboxylic acids is 4.